The van der Waals surface area contributed by atoms with Crippen LogP contribution in [0.15, 0.2) is 32.3 Å². The van der Waals surface area contributed by atoms with Crippen molar-refractivity contribution in [2.24, 2.45) is 11.8 Å². The fourth-order valence-corrected chi connectivity index (χ4v) is 16.1. The number of fused-ring (bicyclic) bond motifs is 8. The van der Waals surface area contributed by atoms with Gasteiger partial charge in [0.15, 0.2) is 0 Å². The number of halogens is 1. The van der Waals surface area contributed by atoms with Crippen LogP contribution in [0.2, 0.25) is 14.8 Å². The summed E-state index contributed by atoms with van der Waals surface area (Å²) in [6, 6.07) is 9.17. The summed E-state index contributed by atoms with van der Waals surface area (Å²) in [7, 11) is 0. The molecule has 2 bridgehead atoms. The van der Waals surface area contributed by atoms with Crippen LogP contribution in [0.1, 0.15) is 29.4 Å². The van der Waals surface area contributed by atoms with E-state index in [1.165, 1.54) is 6.42 Å². The maximum absolute atomic E-state index is 3.98. The molecule has 0 spiro atoms. The molecule has 0 nitrogen and oxygen atoms in total. The number of benzene rings is 1. The molecule has 3 aliphatic rings. The van der Waals surface area contributed by atoms with Crippen molar-refractivity contribution in [1.29, 1.82) is 0 Å². The van der Waals surface area contributed by atoms with Crippen molar-refractivity contribution in [3.05, 3.63) is 43.5 Å². The van der Waals surface area contributed by atoms with E-state index in [1.807, 2.05) is 3.59 Å². The third kappa shape index (κ3) is 1.33. The number of rotatable bonds is 1. The van der Waals surface area contributed by atoms with Gasteiger partial charge < -0.3 is 0 Å². The summed E-state index contributed by atoms with van der Waals surface area (Å²) >= 11 is 2.06. The average molecular weight is 410 g/mol. The van der Waals surface area contributed by atoms with Gasteiger partial charge in [-0.1, -0.05) is 0 Å². The summed E-state index contributed by atoms with van der Waals surface area (Å²) in [5.41, 5.74) is 3.32. The molecule has 0 radical (unpaired) electrons. The molecular weight excluding hydrogens is 391 g/mol. The first-order valence-corrected chi connectivity index (χ1v) is 17.8. The van der Waals surface area contributed by atoms with E-state index in [0.717, 1.165) is 23.7 Å². The van der Waals surface area contributed by atoms with Crippen LogP contribution in [-0.4, -0.2) is 18.4 Å². The summed E-state index contributed by atoms with van der Waals surface area (Å²) in [6.07, 6.45) is 1.42. The minimum absolute atomic E-state index is 0.820. The Hall–Kier alpha value is 0.239. The van der Waals surface area contributed by atoms with Gasteiger partial charge in [0, 0.05) is 0 Å². The van der Waals surface area contributed by atoms with Gasteiger partial charge in [0.1, 0.15) is 0 Å². The predicted molar refractivity (Wildman–Crippen MR) is 82.8 cm³/mol. The second-order valence-corrected chi connectivity index (χ2v) is 22.4. The van der Waals surface area contributed by atoms with E-state index in [-0.39, 0.29) is 0 Å². The Labute approximate surface area is 122 Å². The normalized spacial score (nSPS) is 36.4. The zero-order valence-electron chi connectivity index (χ0n) is 11.2. The Balaban J connectivity index is 1.83. The Morgan fingerprint density at radius 1 is 1.00 bits per heavy atom. The first kappa shape index (κ1) is 12.0. The molecule has 0 saturated heterocycles. The molecule has 1 fully saturated rings. The van der Waals surface area contributed by atoms with Gasteiger partial charge in [0.05, 0.1) is 0 Å². The molecule has 1 aromatic rings. The second-order valence-electron chi connectivity index (χ2n) is 7.14. The summed E-state index contributed by atoms with van der Waals surface area (Å²) in [6.45, 7) is 0. The fourth-order valence-electron chi connectivity index (χ4n) is 4.76. The Kier molecular flexibility index (Phi) is 2.44. The zero-order chi connectivity index (χ0) is 12.7. The Bertz CT molecular complexity index is 567. The molecule has 0 amide bonds. The Morgan fingerprint density at radius 3 is 2.11 bits per heavy atom. The van der Waals surface area contributed by atoms with Crippen LogP contribution in [0.4, 0.5) is 0 Å². The van der Waals surface area contributed by atoms with Crippen molar-refractivity contribution < 1.29 is 0 Å². The Morgan fingerprint density at radius 2 is 1.56 bits per heavy atom. The first-order chi connectivity index (χ1) is 8.50. The molecule has 4 atom stereocenters. The topological polar surface area (TPSA) is 0 Å². The second kappa shape index (κ2) is 3.66. The van der Waals surface area contributed by atoms with Crippen LogP contribution in [0.3, 0.4) is 0 Å². The SMILES string of the molecule is [CH3][Sn]([CH3])([CH3])[C]1=C(Br)[C@@H]2C[C@H]1[C@@H]1c3ccccc3[C@@H]12. The van der Waals surface area contributed by atoms with Crippen LogP contribution in [0.25, 0.3) is 0 Å². The monoisotopic (exact) mass is 410 g/mol. The summed E-state index contributed by atoms with van der Waals surface area (Å²) in [5.74, 6) is 3.43. The molecule has 0 N–H and O–H groups in total. The van der Waals surface area contributed by atoms with E-state index in [0.29, 0.717) is 0 Å². The molecular formula is C16H19BrSn. The molecule has 94 valence electrons. The zero-order valence-corrected chi connectivity index (χ0v) is 15.6. The summed E-state index contributed by atoms with van der Waals surface area (Å²) in [4.78, 5) is 7.72. The van der Waals surface area contributed by atoms with Gasteiger partial charge in [-0.2, -0.15) is 0 Å². The van der Waals surface area contributed by atoms with Gasteiger partial charge in [-0.15, -0.1) is 0 Å². The van der Waals surface area contributed by atoms with Crippen LogP contribution in [-0.2, 0) is 0 Å². The van der Waals surface area contributed by atoms with Crippen LogP contribution in [0, 0.1) is 11.8 Å². The first-order valence-electron chi connectivity index (χ1n) is 6.99. The van der Waals surface area contributed by atoms with Crippen molar-refractivity contribution in [3.63, 3.8) is 0 Å². The number of allylic oxidation sites excluding steroid dienone is 2. The number of hydrogen-bond acceptors (Lipinski definition) is 0. The van der Waals surface area contributed by atoms with Crippen molar-refractivity contribution in [2.45, 2.75) is 33.1 Å². The van der Waals surface area contributed by atoms with Crippen molar-refractivity contribution in [1.82, 2.24) is 0 Å². The standard InChI is InChI=1S/C13H10Br.3CH3.Sn/c14-11-6-7-5-10(11)13-9-4-2-1-3-8(9)12(7)13;;;;/h1-4,7,10,12-13H,5H2;3*1H3;/t7-,10+,12-,13-;;;;/m1..../s1. The van der Waals surface area contributed by atoms with E-state index >= 15 is 0 Å². The van der Waals surface area contributed by atoms with Crippen LogP contribution >= 0.6 is 15.9 Å². The van der Waals surface area contributed by atoms with Gasteiger partial charge >= 0.3 is 123 Å². The molecule has 1 aromatic carbocycles. The van der Waals surface area contributed by atoms with E-state index in [9.17, 15) is 0 Å². The molecule has 0 heterocycles. The van der Waals surface area contributed by atoms with E-state index in [4.69, 9.17) is 0 Å². The van der Waals surface area contributed by atoms with Crippen molar-refractivity contribution in [2.75, 3.05) is 0 Å². The molecule has 3 aliphatic carbocycles. The quantitative estimate of drug-likeness (QED) is 0.570. The molecule has 0 aliphatic heterocycles. The molecule has 4 rings (SSSR count). The van der Waals surface area contributed by atoms with Gasteiger partial charge in [-0.3, -0.25) is 0 Å². The van der Waals surface area contributed by atoms with E-state index in [1.54, 1.807) is 15.6 Å². The molecule has 0 unspecified atom stereocenters. The molecule has 18 heavy (non-hydrogen) atoms. The van der Waals surface area contributed by atoms with Gasteiger partial charge in [-0.05, 0) is 0 Å². The van der Waals surface area contributed by atoms with E-state index < -0.39 is 18.4 Å². The van der Waals surface area contributed by atoms with Crippen LogP contribution in [0.5, 0.6) is 0 Å². The number of hydrogen-bond donors (Lipinski definition) is 0. The minimum atomic E-state index is -1.92. The van der Waals surface area contributed by atoms with E-state index in [2.05, 4.69) is 55.0 Å². The van der Waals surface area contributed by atoms with Crippen LogP contribution < -0.4 is 0 Å². The molecule has 1 saturated carbocycles. The molecule has 0 aromatic heterocycles. The third-order valence-corrected chi connectivity index (χ3v) is 13.7. The summed E-state index contributed by atoms with van der Waals surface area (Å²) < 4.78 is 3.54. The fraction of sp³-hybridized carbons (Fsp3) is 0.500. The van der Waals surface area contributed by atoms with Gasteiger partial charge in [0.25, 0.3) is 0 Å². The summed E-state index contributed by atoms with van der Waals surface area (Å²) in [5, 5.41) is 0. The van der Waals surface area contributed by atoms with Crippen molar-refractivity contribution in [3.8, 4) is 0 Å². The van der Waals surface area contributed by atoms with Crippen molar-refractivity contribution >= 4 is 34.3 Å². The van der Waals surface area contributed by atoms with Gasteiger partial charge in [-0.25, -0.2) is 0 Å². The maximum atomic E-state index is 3.98. The van der Waals surface area contributed by atoms with Gasteiger partial charge in [0.2, 0.25) is 0 Å². The molecule has 2 heteroatoms. The predicted octanol–water partition coefficient (Wildman–Crippen LogP) is 5.04. The third-order valence-electron chi connectivity index (χ3n) is 5.24. The average Bonchev–Trinajstić information content (AvgIpc) is 2.74.